The van der Waals surface area contributed by atoms with Gasteiger partial charge >= 0.3 is 0 Å². The van der Waals surface area contributed by atoms with Gasteiger partial charge in [-0.25, -0.2) is 9.37 Å². The van der Waals surface area contributed by atoms with Gasteiger partial charge in [-0.1, -0.05) is 23.9 Å². The highest BCUT2D eigenvalue weighted by Gasteiger charge is 2.10. The van der Waals surface area contributed by atoms with Crippen LogP contribution in [0.25, 0.3) is 11.4 Å². The van der Waals surface area contributed by atoms with Crippen molar-refractivity contribution in [2.45, 2.75) is 10.9 Å². The van der Waals surface area contributed by atoms with Crippen LogP contribution in [0.3, 0.4) is 0 Å². The molecule has 2 N–H and O–H groups in total. The number of halogens is 1. The van der Waals surface area contributed by atoms with Crippen LogP contribution in [0.4, 0.5) is 4.39 Å². The zero-order valence-electron chi connectivity index (χ0n) is 10.8. The first-order valence-electron chi connectivity index (χ1n) is 6.15. The number of phenols is 1. The number of H-pyrrole nitrogens is 1. The number of aromatic amines is 1. The molecule has 0 aliphatic carbocycles. The number of nitrogens with one attached hydrogen (secondary N) is 1. The van der Waals surface area contributed by atoms with E-state index in [0.29, 0.717) is 22.3 Å². The molecule has 2 aromatic heterocycles. The average Bonchev–Trinajstić information content (AvgIpc) is 2.94. The highest BCUT2D eigenvalue weighted by Crippen LogP contribution is 2.27. The van der Waals surface area contributed by atoms with Gasteiger partial charge in [-0.15, -0.1) is 5.10 Å². The maximum Gasteiger partial charge on any atom is 0.209 e. The average molecular weight is 302 g/mol. The smallest absolute Gasteiger partial charge is 0.209 e. The lowest BCUT2D eigenvalue weighted by Crippen LogP contribution is -1.86. The molecule has 5 nitrogen and oxygen atoms in total. The van der Waals surface area contributed by atoms with Gasteiger partial charge in [-0.3, -0.25) is 10.1 Å². The highest BCUT2D eigenvalue weighted by atomic mass is 32.2. The van der Waals surface area contributed by atoms with Crippen molar-refractivity contribution in [3.63, 3.8) is 0 Å². The first-order valence-corrected chi connectivity index (χ1v) is 7.14. The van der Waals surface area contributed by atoms with Crippen LogP contribution < -0.4 is 0 Å². The molecule has 106 valence electrons. The fourth-order valence-electron chi connectivity index (χ4n) is 1.79. The van der Waals surface area contributed by atoms with E-state index in [1.807, 2.05) is 6.07 Å². The van der Waals surface area contributed by atoms with Crippen molar-refractivity contribution in [2.75, 3.05) is 0 Å². The van der Waals surface area contributed by atoms with Crippen LogP contribution in [0.1, 0.15) is 5.56 Å². The summed E-state index contributed by atoms with van der Waals surface area (Å²) in [7, 11) is 0. The molecule has 0 spiro atoms. The number of nitrogens with zero attached hydrogens (tertiary/aromatic N) is 3. The van der Waals surface area contributed by atoms with Gasteiger partial charge in [0.15, 0.2) is 5.82 Å². The number of para-hydroxylation sites is 1. The quantitative estimate of drug-likeness (QED) is 0.725. The zero-order valence-corrected chi connectivity index (χ0v) is 11.6. The van der Waals surface area contributed by atoms with Crippen molar-refractivity contribution in [1.82, 2.24) is 20.2 Å². The predicted octanol–water partition coefficient (Wildman–Crippen LogP) is 3.00. The summed E-state index contributed by atoms with van der Waals surface area (Å²) in [6.45, 7) is 0. The molecule has 0 saturated carbocycles. The molecular weight excluding hydrogens is 291 g/mol. The number of benzene rings is 1. The Morgan fingerprint density at radius 3 is 2.90 bits per heavy atom. The van der Waals surface area contributed by atoms with Gasteiger partial charge in [0.2, 0.25) is 5.16 Å². The standard InChI is InChI=1S/C14H11FN4OS/c15-10-5-9(6-16-7-10)8-21-14-17-13(18-19-14)11-3-1-2-4-12(11)20/h1-7,20H,8H2,(H,17,18,19). The number of rotatable bonds is 4. The number of thioether (sulfide) groups is 1. The van der Waals surface area contributed by atoms with Crippen LogP contribution in [0.5, 0.6) is 5.75 Å². The Morgan fingerprint density at radius 2 is 2.10 bits per heavy atom. The minimum absolute atomic E-state index is 0.138. The third-order valence-electron chi connectivity index (χ3n) is 2.75. The Bertz CT molecular complexity index is 762. The first kappa shape index (κ1) is 13.6. The Hall–Kier alpha value is -2.41. The second-order valence-corrected chi connectivity index (χ2v) is 5.23. The number of aromatic hydroxyl groups is 1. The lowest BCUT2D eigenvalue weighted by atomic mass is 10.2. The zero-order chi connectivity index (χ0) is 14.7. The topological polar surface area (TPSA) is 74.7 Å². The van der Waals surface area contributed by atoms with Crippen molar-refractivity contribution in [1.29, 1.82) is 0 Å². The molecular formula is C14H11FN4OS. The number of pyridine rings is 1. The molecule has 0 aliphatic heterocycles. The monoisotopic (exact) mass is 302 g/mol. The molecule has 0 aliphatic rings. The van der Waals surface area contributed by atoms with Crippen LogP contribution in [0, 0.1) is 5.82 Å². The summed E-state index contributed by atoms with van der Waals surface area (Å²) < 4.78 is 13.0. The molecule has 2 heterocycles. The molecule has 3 aromatic rings. The summed E-state index contributed by atoms with van der Waals surface area (Å²) >= 11 is 1.36. The first-order chi connectivity index (χ1) is 10.2. The minimum atomic E-state index is -0.363. The van der Waals surface area contributed by atoms with Gasteiger partial charge in [-0.2, -0.15) is 0 Å². The molecule has 0 bridgehead atoms. The van der Waals surface area contributed by atoms with E-state index in [-0.39, 0.29) is 11.6 Å². The minimum Gasteiger partial charge on any atom is -0.507 e. The maximum atomic E-state index is 13.0. The van der Waals surface area contributed by atoms with Crippen LogP contribution in [0.15, 0.2) is 47.9 Å². The summed E-state index contributed by atoms with van der Waals surface area (Å²) in [5.74, 6) is 0.786. The highest BCUT2D eigenvalue weighted by molar-refractivity contribution is 7.98. The van der Waals surface area contributed by atoms with Gasteiger partial charge in [0, 0.05) is 11.9 Å². The molecule has 0 unspecified atom stereocenters. The van der Waals surface area contributed by atoms with Crippen LogP contribution in [-0.4, -0.2) is 25.3 Å². The second-order valence-electron chi connectivity index (χ2n) is 4.28. The van der Waals surface area contributed by atoms with Crippen LogP contribution >= 0.6 is 11.8 Å². The Kier molecular flexibility index (Phi) is 3.83. The summed E-state index contributed by atoms with van der Waals surface area (Å²) in [5.41, 5.74) is 1.35. The number of phenolic OH excluding ortho intramolecular Hbond substituents is 1. The molecule has 0 amide bonds. The lowest BCUT2D eigenvalue weighted by molar-refractivity contribution is 0.477. The Labute approximate surface area is 124 Å². The van der Waals surface area contributed by atoms with E-state index >= 15 is 0 Å². The van der Waals surface area contributed by atoms with Gasteiger partial charge in [0.1, 0.15) is 11.6 Å². The SMILES string of the molecule is Oc1ccccc1-c1nc(SCc2cncc(F)c2)n[nH]1. The van der Waals surface area contributed by atoms with E-state index in [9.17, 15) is 9.50 Å². The van der Waals surface area contributed by atoms with Crippen molar-refractivity contribution < 1.29 is 9.50 Å². The van der Waals surface area contributed by atoms with E-state index in [4.69, 9.17) is 0 Å². The molecule has 1 aromatic carbocycles. The van der Waals surface area contributed by atoms with Gasteiger partial charge < -0.3 is 5.11 Å². The maximum absolute atomic E-state index is 13.0. The summed E-state index contributed by atoms with van der Waals surface area (Å²) in [6, 6.07) is 8.31. The van der Waals surface area contributed by atoms with Crippen molar-refractivity contribution >= 4 is 11.8 Å². The Morgan fingerprint density at radius 1 is 1.24 bits per heavy atom. The van der Waals surface area contributed by atoms with Crippen LogP contribution in [-0.2, 0) is 5.75 Å². The van der Waals surface area contributed by atoms with E-state index in [0.717, 1.165) is 11.8 Å². The van der Waals surface area contributed by atoms with Gasteiger partial charge in [0.05, 0.1) is 11.8 Å². The third kappa shape index (κ3) is 3.19. The van der Waals surface area contributed by atoms with Crippen LogP contribution in [0.2, 0.25) is 0 Å². The normalized spacial score (nSPS) is 10.7. The Balaban J connectivity index is 1.72. The molecule has 7 heteroatoms. The number of hydrogen-bond acceptors (Lipinski definition) is 5. The molecule has 0 atom stereocenters. The summed E-state index contributed by atoms with van der Waals surface area (Å²) in [6.07, 6.45) is 2.77. The van der Waals surface area contributed by atoms with E-state index in [1.54, 1.807) is 24.4 Å². The third-order valence-corrected chi connectivity index (χ3v) is 3.67. The predicted molar refractivity (Wildman–Crippen MR) is 77.2 cm³/mol. The molecule has 3 rings (SSSR count). The lowest BCUT2D eigenvalue weighted by Gasteiger charge is -1.99. The number of aromatic nitrogens is 4. The second kappa shape index (κ2) is 5.92. The van der Waals surface area contributed by atoms with Gasteiger partial charge in [-0.05, 0) is 23.8 Å². The molecule has 0 fully saturated rings. The van der Waals surface area contributed by atoms with E-state index in [1.165, 1.54) is 17.8 Å². The summed E-state index contributed by atoms with van der Waals surface area (Å²) in [5, 5.41) is 17.1. The van der Waals surface area contributed by atoms with E-state index in [2.05, 4.69) is 20.2 Å². The molecule has 21 heavy (non-hydrogen) atoms. The van der Waals surface area contributed by atoms with Gasteiger partial charge in [0.25, 0.3) is 0 Å². The fraction of sp³-hybridized carbons (Fsp3) is 0.0714. The van der Waals surface area contributed by atoms with E-state index < -0.39 is 0 Å². The fourth-order valence-corrected chi connectivity index (χ4v) is 2.51. The largest absolute Gasteiger partial charge is 0.507 e. The molecule has 0 saturated heterocycles. The van der Waals surface area contributed by atoms with Crippen molar-refractivity contribution in [3.8, 4) is 17.1 Å². The number of hydrogen-bond donors (Lipinski definition) is 2. The molecule has 0 radical (unpaired) electrons. The van der Waals surface area contributed by atoms with Crippen molar-refractivity contribution in [2.24, 2.45) is 0 Å². The summed E-state index contributed by atoms with van der Waals surface area (Å²) in [4.78, 5) is 8.09. The van der Waals surface area contributed by atoms with Crippen molar-refractivity contribution in [3.05, 3.63) is 54.1 Å².